The third-order valence-electron chi connectivity index (χ3n) is 7.56. The Bertz CT molecular complexity index is 1200. The molecule has 37 heavy (non-hydrogen) atoms. The van der Waals surface area contributed by atoms with Crippen molar-refractivity contribution in [2.45, 2.75) is 57.1 Å². The minimum absolute atomic E-state index is 0.116. The molecule has 1 saturated heterocycles. The van der Waals surface area contributed by atoms with Crippen LogP contribution in [0, 0.1) is 11.7 Å². The van der Waals surface area contributed by atoms with Crippen LogP contribution in [-0.4, -0.2) is 47.8 Å². The Morgan fingerprint density at radius 1 is 1.03 bits per heavy atom. The van der Waals surface area contributed by atoms with E-state index < -0.39 is 6.09 Å². The SMILES string of the molecule is O=C(N[C@H]1CC[C@H](CCN2CCC(Oc3ccc(F)cc3Cl)CC2)CC1)Oc1ccnc2ccccc12. The second-order valence-corrected chi connectivity index (χ2v) is 10.5. The molecule has 1 saturated carbocycles. The molecule has 1 aliphatic carbocycles. The smallest absolute Gasteiger partial charge is 0.412 e. The molecule has 0 radical (unpaired) electrons. The number of carbonyl (C=O) groups is 1. The van der Waals surface area contributed by atoms with Crippen LogP contribution >= 0.6 is 11.6 Å². The first kappa shape index (κ1) is 25.7. The molecular weight excluding hydrogens is 493 g/mol. The normalized spacial score (nSPS) is 21.0. The van der Waals surface area contributed by atoms with Gasteiger partial charge in [-0.15, -0.1) is 0 Å². The van der Waals surface area contributed by atoms with E-state index >= 15 is 0 Å². The number of aromatic nitrogens is 1. The van der Waals surface area contributed by atoms with E-state index in [-0.39, 0.29) is 18.0 Å². The van der Waals surface area contributed by atoms with Gasteiger partial charge in [-0.2, -0.15) is 0 Å². The second kappa shape index (κ2) is 12.1. The van der Waals surface area contributed by atoms with Gasteiger partial charge in [0, 0.05) is 30.7 Å². The number of rotatable bonds is 7. The highest BCUT2D eigenvalue weighted by Gasteiger charge is 2.25. The van der Waals surface area contributed by atoms with Crippen LogP contribution in [0.1, 0.15) is 44.9 Å². The third kappa shape index (κ3) is 6.90. The molecule has 0 atom stereocenters. The van der Waals surface area contributed by atoms with E-state index in [1.807, 2.05) is 24.3 Å². The molecule has 8 heteroatoms. The number of ether oxygens (including phenoxy) is 2. The van der Waals surface area contributed by atoms with E-state index in [0.717, 1.165) is 69.1 Å². The van der Waals surface area contributed by atoms with Crippen molar-refractivity contribution in [3.63, 3.8) is 0 Å². The van der Waals surface area contributed by atoms with E-state index in [4.69, 9.17) is 21.1 Å². The maximum atomic E-state index is 13.2. The van der Waals surface area contributed by atoms with Crippen LogP contribution in [0.15, 0.2) is 54.7 Å². The van der Waals surface area contributed by atoms with Crippen LogP contribution in [-0.2, 0) is 0 Å². The van der Waals surface area contributed by atoms with Gasteiger partial charge >= 0.3 is 6.09 Å². The Labute approximate surface area is 222 Å². The number of carbonyl (C=O) groups excluding carboxylic acids is 1. The lowest BCUT2D eigenvalue weighted by molar-refractivity contribution is 0.0949. The van der Waals surface area contributed by atoms with Crippen LogP contribution in [0.3, 0.4) is 0 Å². The van der Waals surface area contributed by atoms with Crippen LogP contribution in [0.4, 0.5) is 9.18 Å². The van der Waals surface area contributed by atoms with Gasteiger partial charge in [0.15, 0.2) is 0 Å². The second-order valence-electron chi connectivity index (χ2n) is 10.1. The molecule has 6 nitrogen and oxygen atoms in total. The Hall–Kier alpha value is -2.90. The zero-order valence-electron chi connectivity index (χ0n) is 20.9. The largest absolute Gasteiger partial charge is 0.489 e. The zero-order valence-corrected chi connectivity index (χ0v) is 21.6. The van der Waals surface area contributed by atoms with E-state index in [9.17, 15) is 9.18 Å². The minimum atomic E-state index is -0.396. The highest BCUT2D eigenvalue weighted by molar-refractivity contribution is 6.32. The molecule has 196 valence electrons. The molecule has 0 unspecified atom stereocenters. The number of para-hydroxylation sites is 1. The summed E-state index contributed by atoms with van der Waals surface area (Å²) in [6.45, 7) is 3.08. The van der Waals surface area contributed by atoms with E-state index in [1.54, 1.807) is 18.3 Å². The summed E-state index contributed by atoms with van der Waals surface area (Å²) in [5.41, 5.74) is 0.808. The summed E-state index contributed by atoms with van der Waals surface area (Å²) < 4.78 is 24.9. The van der Waals surface area contributed by atoms with Gasteiger partial charge in [-0.1, -0.05) is 23.7 Å². The van der Waals surface area contributed by atoms with Crippen molar-refractivity contribution >= 4 is 28.6 Å². The maximum absolute atomic E-state index is 13.2. The topological polar surface area (TPSA) is 63.7 Å². The summed E-state index contributed by atoms with van der Waals surface area (Å²) in [7, 11) is 0. The van der Waals surface area contributed by atoms with Gasteiger partial charge in [0.1, 0.15) is 23.4 Å². The number of nitrogens with one attached hydrogen (secondary N) is 1. The van der Waals surface area contributed by atoms with Crippen LogP contribution in [0.5, 0.6) is 11.5 Å². The lowest BCUT2D eigenvalue weighted by atomic mass is 9.84. The Morgan fingerprint density at radius 2 is 1.81 bits per heavy atom. The number of pyridine rings is 1. The van der Waals surface area contributed by atoms with E-state index in [2.05, 4.69) is 15.2 Å². The fourth-order valence-corrected chi connectivity index (χ4v) is 5.63. The summed E-state index contributed by atoms with van der Waals surface area (Å²) in [6, 6.07) is 13.8. The predicted octanol–water partition coefficient (Wildman–Crippen LogP) is 6.61. The van der Waals surface area contributed by atoms with E-state index in [0.29, 0.717) is 22.4 Å². The van der Waals surface area contributed by atoms with Gasteiger partial charge < -0.3 is 19.7 Å². The number of hydrogen-bond acceptors (Lipinski definition) is 5. The average molecular weight is 526 g/mol. The van der Waals surface area contributed by atoms with Crippen molar-refractivity contribution in [3.8, 4) is 11.5 Å². The Balaban J connectivity index is 0.992. The first-order chi connectivity index (χ1) is 18.0. The maximum Gasteiger partial charge on any atom is 0.412 e. The summed E-state index contributed by atoms with van der Waals surface area (Å²) in [6.07, 6.45) is 8.63. The molecule has 3 aromatic rings. The number of nitrogens with zero attached hydrogens (tertiary/aromatic N) is 2. The number of likely N-dealkylation sites (tertiary alicyclic amines) is 1. The van der Waals surface area contributed by atoms with Crippen molar-refractivity contribution < 1.29 is 18.7 Å². The van der Waals surface area contributed by atoms with Crippen molar-refractivity contribution in [2.24, 2.45) is 5.92 Å². The highest BCUT2D eigenvalue weighted by atomic mass is 35.5. The van der Waals surface area contributed by atoms with Crippen LogP contribution in [0.25, 0.3) is 10.9 Å². The Morgan fingerprint density at radius 3 is 2.59 bits per heavy atom. The molecular formula is C29H33ClFN3O3. The van der Waals surface area contributed by atoms with Crippen molar-refractivity contribution in [1.29, 1.82) is 0 Å². The number of hydrogen-bond donors (Lipinski definition) is 1. The first-order valence-electron chi connectivity index (χ1n) is 13.2. The van der Waals surface area contributed by atoms with E-state index in [1.165, 1.54) is 18.6 Å². The van der Waals surface area contributed by atoms with Crippen LogP contribution < -0.4 is 14.8 Å². The van der Waals surface area contributed by atoms with Crippen molar-refractivity contribution in [2.75, 3.05) is 19.6 Å². The average Bonchev–Trinajstić information content (AvgIpc) is 2.91. The first-order valence-corrected chi connectivity index (χ1v) is 13.6. The molecule has 2 heterocycles. The standard InChI is InChI=1S/C29H33ClFN3O3/c30-25-19-21(31)7-10-28(25)36-23-13-17-34(18-14-23)16-12-20-5-8-22(9-6-20)33-29(35)37-27-11-15-32-26-4-2-1-3-24(26)27/h1-4,7,10-11,15,19-20,22-23H,5-6,8-9,12-14,16-18H2,(H,33,35)/t20-,22-. The molecule has 2 aromatic carbocycles. The molecule has 0 spiro atoms. The fourth-order valence-electron chi connectivity index (χ4n) is 5.42. The van der Waals surface area contributed by atoms with Gasteiger partial charge in [0.05, 0.1) is 10.5 Å². The van der Waals surface area contributed by atoms with Gasteiger partial charge in [-0.3, -0.25) is 4.98 Å². The monoisotopic (exact) mass is 525 g/mol. The number of fused-ring (bicyclic) bond motifs is 1. The summed E-state index contributed by atoms with van der Waals surface area (Å²) >= 11 is 6.10. The minimum Gasteiger partial charge on any atom is -0.489 e. The van der Waals surface area contributed by atoms with Crippen molar-refractivity contribution in [1.82, 2.24) is 15.2 Å². The summed E-state index contributed by atoms with van der Waals surface area (Å²) in [5.74, 6) is 1.43. The highest BCUT2D eigenvalue weighted by Crippen LogP contribution is 2.30. The van der Waals surface area contributed by atoms with Gasteiger partial charge in [0.25, 0.3) is 0 Å². The number of piperidine rings is 1. The number of benzene rings is 2. The third-order valence-corrected chi connectivity index (χ3v) is 7.85. The molecule has 1 aliphatic heterocycles. The van der Waals surface area contributed by atoms with Gasteiger partial charge in [-0.25, -0.2) is 9.18 Å². The molecule has 1 amide bonds. The summed E-state index contributed by atoms with van der Waals surface area (Å²) in [5, 5.41) is 4.21. The lowest BCUT2D eigenvalue weighted by Crippen LogP contribution is -2.41. The molecule has 1 aromatic heterocycles. The summed E-state index contributed by atoms with van der Waals surface area (Å²) in [4.78, 5) is 19.3. The molecule has 2 fully saturated rings. The number of amides is 1. The zero-order chi connectivity index (χ0) is 25.6. The molecule has 2 aliphatic rings. The lowest BCUT2D eigenvalue weighted by Gasteiger charge is -2.34. The molecule has 1 N–H and O–H groups in total. The Kier molecular flexibility index (Phi) is 8.41. The van der Waals surface area contributed by atoms with Crippen molar-refractivity contribution in [3.05, 3.63) is 65.6 Å². The quantitative estimate of drug-likeness (QED) is 0.376. The van der Waals surface area contributed by atoms with Gasteiger partial charge in [-0.05, 0) is 93.8 Å². The van der Waals surface area contributed by atoms with Crippen LogP contribution in [0.2, 0.25) is 5.02 Å². The van der Waals surface area contributed by atoms with Gasteiger partial charge in [0.2, 0.25) is 0 Å². The fraction of sp³-hybridized carbons (Fsp3) is 0.448. The number of halogens is 2. The predicted molar refractivity (Wildman–Crippen MR) is 143 cm³/mol. The molecule has 0 bridgehead atoms. The molecule has 5 rings (SSSR count).